The maximum atomic E-state index is 16.8. The lowest BCUT2D eigenvalue weighted by molar-refractivity contribution is -0.132. The Morgan fingerprint density at radius 1 is 0.780 bits per heavy atom. The number of rotatable bonds is 11. The second kappa shape index (κ2) is 16.1. The quantitative estimate of drug-likeness (QED) is 0.0954. The average molecular weight is 854 g/mol. The van der Waals surface area contributed by atoms with Crippen LogP contribution >= 0.6 is 23.2 Å². The summed E-state index contributed by atoms with van der Waals surface area (Å²) in [6, 6.07) is 11.9. The molecule has 2 amide bonds. The van der Waals surface area contributed by atoms with Gasteiger partial charge in [-0.15, -0.1) is 0 Å². The molecule has 16 heteroatoms. The third-order valence-electron chi connectivity index (χ3n) is 10.6. The molecule has 2 heterocycles. The molecule has 0 fully saturated rings. The number of phenolic OH excluding ortho intramolecular Hbond substituents is 2. The molecule has 308 valence electrons. The summed E-state index contributed by atoms with van der Waals surface area (Å²) in [6.45, 7) is 7.49. The fourth-order valence-corrected chi connectivity index (χ4v) is 8.53. The molecule has 4 aromatic carbocycles. The SMILES string of the molecule is CCCCC(C(N)=O)(c1c(C)n(C(=O)c2cccc(Cl)c2)c2cc(F)c(O)c(F)c12)C(C(=O)NC(C)C)c1c(C)n(C(=O)c2cccc(Cl)c2)c2cc(F)c(O)c(F)c12. The number of nitrogens with zero attached hydrogens (tertiary/aromatic N) is 2. The summed E-state index contributed by atoms with van der Waals surface area (Å²) >= 11 is 12.4. The van der Waals surface area contributed by atoms with Gasteiger partial charge in [0.15, 0.2) is 34.8 Å². The third-order valence-corrected chi connectivity index (χ3v) is 11.1. The van der Waals surface area contributed by atoms with Crippen LogP contribution in [0.5, 0.6) is 11.5 Å². The van der Waals surface area contributed by atoms with Crippen LogP contribution in [0.4, 0.5) is 17.6 Å². The van der Waals surface area contributed by atoms with E-state index in [9.17, 15) is 24.6 Å². The zero-order valence-electron chi connectivity index (χ0n) is 32.3. The van der Waals surface area contributed by atoms with Gasteiger partial charge in [-0.25, -0.2) is 17.6 Å². The summed E-state index contributed by atoms with van der Waals surface area (Å²) in [5.74, 6) is -15.2. The highest BCUT2D eigenvalue weighted by Crippen LogP contribution is 2.53. The Morgan fingerprint density at radius 3 is 1.71 bits per heavy atom. The van der Waals surface area contributed by atoms with Crippen molar-refractivity contribution in [2.45, 2.75) is 71.3 Å². The lowest BCUT2D eigenvalue weighted by Crippen LogP contribution is -2.53. The van der Waals surface area contributed by atoms with Gasteiger partial charge in [0, 0.05) is 67.1 Å². The predicted molar refractivity (Wildman–Crippen MR) is 215 cm³/mol. The van der Waals surface area contributed by atoms with Crippen molar-refractivity contribution in [1.29, 1.82) is 0 Å². The Bertz CT molecular complexity index is 2750. The van der Waals surface area contributed by atoms with E-state index < -0.39 is 115 Å². The number of nitrogens with two attached hydrogens (primary N) is 1. The molecular weight excluding hydrogens is 815 g/mol. The molecule has 6 aromatic rings. The normalized spacial score (nSPS) is 13.2. The van der Waals surface area contributed by atoms with Gasteiger partial charge in [0.2, 0.25) is 11.8 Å². The third kappa shape index (κ3) is 6.97. The number of nitrogens with one attached hydrogen (secondary N) is 1. The van der Waals surface area contributed by atoms with Crippen molar-refractivity contribution in [3.05, 3.63) is 128 Å². The van der Waals surface area contributed by atoms with Crippen LogP contribution in [0.25, 0.3) is 21.8 Å². The first-order chi connectivity index (χ1) is 27.8. The Hall–Kier alpha value is -5.86. The number of halogens is 6. The van der Waals surface area contributed by atoms with Crippen molar-refractivity contribution in [2.75, 3.05) is 0 Å². The van der Waals surface area contributed by atoms with E-state index in [1.165, 1.54) is 62.4 Å². The van der Waals surface area contributed by atoms with Gasteiger partial charge in [0.25, 0.3) is 11.8 Å². The largest absolute Gasteiger partial charge is 0.503 e. The van der Waals surface area contributed by atoms with Crippen LogP contribution in [0.1, 0.15) is 89.2 Å². The van der Waals surface area contributed by atoms with Crippen LogP contribution in [0.15, 0.2) is 60.7 Å². The van der Waals surface area contributed by atoms with E-state index in [0.29, 0.717) is 18.6 Å². The first-order valence-electron chi connectivity index (χ1n) is 18.4. The molecule has 0 radical (unpaired) electrons. The number of hydrogen-bond acceptors (Lipinski definition) is 6. The summed E-state index contributed by atoms with van der Waals surface area (Å²) in [5, 5.41) is 23.1. The fourth-order valence-electron chi connectivity index (χ4n) is 8.15. The summed E-state index contributed by atoms with van der Waals surface area (Å²) in [5.41, 5.74) is 1.54. The minimum atomic E-state index is -2.54. The Labute approximate surface area is 345 Å². The van der Waals surface area contributed by atoms with Gasteiger partial charge in [0.1, 0.15) is 0 Å². The second-order valence-corrected chi connectivity index (χ2v) is 15.5. The number of carbonyl (C=O) groups excluding carboxylic acids is 4. The number of carbonyl (C=O) groups is 4. The molecule has 0 aliphatic rings. The molecule has 2 atom stereocenters. The van der Waals surface area contributed by atoms with Crippen LogP contribution in [-0.2, 0) is 15.0 Å². The van der Waals surface area contributed by atoms with Gasteiger partial charge < -0.3 is 21.3 Å². The van der Waals surface area contributed by atoms with Crippen molar-refractivity contribution in [1.82, 2.24) is 14.5 Å². The van der Waals surface area contributed by atoms with E-state index in [0.717, 1.165) is 9.13 Å². The number of benzene rings is 4. The molecule has 0 aliphatic carbocycles. The number of aromatic nitrogens is 2. The maximum Gasteiger partial charge on any atom is 0.262 e. The Morgan fingerprint density at radius 2 is 1.25 bits per heavy atom. The number of hydrogen-bond donors (Lipinski definition) is 4. The molecule has 59 heavy (non-hydrogen) atoms. The monoisotopic (exact) mass is 852 g/mol. The van der Waals surface area contributed by atoms with Crippen molar-refractivity contribution < 1.29 is 47.0 Å². The average Bonchev–Trinajstić information content (AvgIpc) is 3.62. The number of fused-ring (bicyclic) bond motifs is 2. The molecule has 0 saturated heterocycles. The molecule has 0 bridgehead atoms. The standard InChI is InChI=1S/C43H38Cl2F4N4O6/c1-6-7-14-43(42(50)59,33-21(5)53(41(58)23-11-9-13-25(45)16-23)29-18-27(47)38(55)36(49)32(29)33)34(39(56)51-19(2)3)30-20(4)52(40(57)22-10-8-12-24(44)15-22)28-17-26(46)37(54)35(48)31(28)30/h8-13,15-19,34,54-55H,6-7,14H2,1-5H3,(H2,50,59)(H,51,56). The molecule has 5 N–H and O–H groups in total. The van der Waals surface area contributed by atoms with E-state index in [1.54, 1.807) is 20.8 Å². The molecule has 0 spiro atoms. The first-order valence-corrected chi connectivity index (χ1v) is 19.2. The number of primary amides is 1. The van der Waals surface area contributed by atoms with Crippen molar-refractivity contribution >= 4 is 68.6 Å². The van der Waals surface area contributed by atoms with Crippen LogP contribution in [-0.4, -0.2) is 49.0 Å². The van der Waals surface area contributed by atoms with Crippen LogP contribution < -0.4 is 11.1 Å². The zero-order chi connectivity index (χ0) is 43.4. The fraction of sp³-hybridized carbons (Fsp3) is 0.256. The second-order valence-electron chi connectivity index (χ2n) is 14.6. The Balaban J connectivity index is 1.86. The van der Waals surface area contributed by atoms with E-state index in [2.05, 4.69) is 5.32 Å². The van der Waals surface area contributed by atoms with Gasteiger partial charge in [-0.05, 0) is 76.1 Å². The van der Waals surface area contributed by atoms with Crippen LogP contribution in [0.3, 0.4) is 0 Å². The molecule has 2 aromatic heterocycles. The van der Waals surface area contributed by atoms with Gasteiger partial charge >= 0.3 is 0 Å². The van der Waals surface area contributed by atoms with Gasteiger partial charge in [0.05, 0.1) is 22.4 Å². The highest BCUT2D eigenvalue weighted by Gasteiger charge is 2.55. The van der Waals surface area contributed by atoms with Crippen molar-refractivity contribution in [2.24, 2.45) is 5.73 Å². The van der Waals surface area contributed by atoms with E-state index in [-0.39, 0.29) is 39.0 Å². The van der Waals surface area contributed by atoms with E-state index >= 15 is 22.4 Å². The number of unbranched alkanes of at least 4 members (excludes halogenated alkanes) is 1. The van der Waals surface area contributed by atoms with Crippen LogP contribution in [0.2, 0.25) is 10.0 Å². The summed E-state index contributed by atoms with van der Waals surface area (Å²) in [6.07, 6.45) is -0.0243. The molecule has 0 aliphatic heterocycles. The summed E-state index contributed by atoms with van der Waals surface area (Å²) < 4.78 is 66.0. The van der Waals surface area contributed by atoms with E-state index in [1.807, 2.05) is 0 Å². The lowest BCUT2D eigenvalue weighted by atomic mass is 9.62. The zero-order valence-corrected chi connectivity index (χ0v) is 33.8. The van der Waals surface area contributed by atoms with Crippen molar-refractivity contribution in [3.8, 4) is 11.5 Å². The molecule has 6 rings (SSSR count). The topological polar surface area (TPSA) is 157 Å². The highest BCUT2D eigenvalue weighted by atomic mass is 35.5. The van der Waals surface area contributed by atoms with Crippen molar-refractivity contribution in [3.63, 3.8) is 0 Å². The molecule has 0 saturated carbocycles. The summed E-state index contributed by atoms with van der Waals surface area (Å²) in [4.78, 5) is 58.6. The summed E-state index contributed by atoms with van der Waals surface area (Å²) in [7, 11) is 0. The molecule has 10 nitrogen and oxygen atoms in total. The number of phenols is 2. The van der Waals surface area contributed by atoms with Gasteiger partial charge in [-0.2, -0.15) is 0 Å². The molecular formula is C43H38Cl2F4N4O6. The first kappa shape index (κ1) is 42.7. The molecule has 2 unspecified atom stereocenters. The van der Waals surface area contributed by atoms with E-state index in [4.69, 9.17) is 28.9 Å². The maximum absolute atomic E-state index is 16.8. The lowest BCUT2D eigenvalue weighted by Gasteiger charge is -2.39. The van der Waals surface area contributed by atoms with Crippen LogP contribution in [0, 0.1) is 37.1 Å². The highest BCUT2D eigenvalue weighted by molar-refractivity contribution is 6.31. The number of amides is 2. The predicted octanol–water partition coefficient (Wildman–Crippen LogP) is 9.09. The minimum Gasteiger partial charge on any atom is -0.503 e. The number of aromatic hydroxyl groups is 2. The van der Waals surface area contributed by atoms with Gasteiger partial charge in [-0.3, -0.25) is 28.3 Å². The van der Waals surface area contributed by atoms with Gasteiger partial charge in [-0.1, -0.05) is 55.1 Å². The minimum absolute atomic E-state index is 0.0497. The smallest absolute Gasteiger partial charge is 0.262 e. The Kier molecular flexibility index (Phi) is 11.6.